The van der Waals surface area contributed by atoms with E-state index in [1.165, 1.54) is 63.5 Å². The zero-order valence-corrected chi connectivity index (χ0v) is 16.5. The van der Waals surface area contributed by atoms with Gasteiger partial charge >= 0.3 is 6.03 Å². The number of carbonyl (C=O) groups is 1. The number of hydroxylamine groups is 2. The van der Waals surface area contributed by atoms with E-state index < -0.39 is 0 Å². The maximum absolute atomic E-state index is 12.2. The van der Waals surface area contributed by atoms with Crippen LogP contribution in [0.25, 0.3) is 0 Å². The molecule has 0 fully saturated rings. The molecule has 1 aromatic carbocycles. The van der Waals surface area contributed by atoms with E-state index in [0.717, 1.165) is 12.8 Å². The number of benzene rings is 1. The van der Waals surface area contributed by atoms with E-state index in [0.29, 0.717) is 17.3 Å². The summed E-state index contributed by atoms with van der Waals surface area (Å²) in [7, 11) is 1.53. The summed E-state index contributed by atoms with van der Waals surface area (Å²) in [6.45, 7) is 2.85. The summed E-state index contributed by atoms with van der Waals surface area (Å²) in [6, 6.07) is 6.79. The Hall–Kier alpha value is -1.26. The molecule has 0 aromatic heterocycles. The van der Waals surface area contributed by atoms with Gasteiger partial charge in [0.15, 0.2) is 0 Å². The minimum Gasteiger partial charge on any atom is -0.306 e. The fraction of sp³-hybridized carbons (Fsp3) is 0.650. The summed E-state index contributed by atoms with van der Waals surface area (Å²) in [5, 5.41) is 4.83. The second-order valence-corrected chi connectivity index (χ2v) is 6.84. The Bertz CT molecular complexity index is 465. The summed E-state index contributed by atoms with van der Waals surface area (Å²) >= 11 is 5.84. The highest BCUT2D eigenvalue weighted by molar-refractivity contribution is 6.30. The third-order valence-electron chi connectivity index (χ3n) is 4.26. The van der Waals surface area contributed by atoms with Gasteiger partial charge in [0, 0.05) is 10.7 Å². The predicted octanol–water partition coefficient (Wildman–Crippen LogP) is 6.66. The average Bonchev–Trinajstić information content (AvgIpc) is 2.61. The molecule has 0 aliphatic carbocycles. The predicted molar refractivity (Wildman–Crippen MR) is 106 cm³/mol. The lowest BCUT2D eigenvalue weighted by atomic mass is 10.1. The first-order valence-corrected chi connectivity index (χ1v) is 9.93. The van der Waals surface area contributed by atoms with Gasteiger partial charge in [-0.3, -0.25) is 4.84 Å². The number of urea groups is 1. The van der Waals surface area contributed by atoms with Crippen LogP contribution >= 0.6 is 11.6 Å². The SMILES string of the molecule is CCCCCCCCCCCCN(OC)C(=O)Nc1ccc(Cl)cc1. The number of nitrogens with zero attached hydrogens (tertiary/aromatic N) is 1. The lowest BCUT2D eigenvalue weighted by Crippen LogP contribution is -2.34. The van der Waals surface area contributed by atoms with Gasteiger partial charge in [-0.15, -0.1) is 0 Å². The summed E-state index contributed by atoms with van der Waals surface area (Å²) in [5.74, 6) is 0. The Kier molecular flexibility index (Phi) is 12.2. The van der Waals surface area contributed by atoms with Crippen molar-refractivity contribution in [1.82, 2.24) is 5.06 Å². The van der Waals surface area contributed by atoms with Gasteiger partial charge < -0.3 is 5.32 Å². The van der Waals surface area contributed by atoms with E-state index >= 15 is 0 Å². The molecule has 0 saturated carbocycles. The number of carbonyl (C=O) groups excluding carboxylic acids is 1. The molecule has 142 valence electrons. The van der Waals surface area contributed by atoms with Crippen molar-refractivity contribution in [3.05, 3.63) is 29.3 Å². The van der Waals surface area contributed by atoms with Crippen molar-refractivity contribution in [1.29, 1.82) is 0 Å². The van der Waals surface area contributed by atoms with Crippen molar-refractivity contribution >= 4 is 23.3 Å². The van der Waals surface area contributed by atoms with Crippen LogP contribution in [0.15, 0.2) is 24.3 Å². The van der Waals surface area contributed by atoms with Crippen LogP contribution in [0.2, 0.25) is 5.02 Å². The Morgan fingerprint density at radius 2 is 1.48 bits per heavy atom. The standard InChI is InChI=1S/C20H33ClN2O2/c1-3-4-5-6-7-8-9-10-11-12-17-23(25-2)20(24)22-19-15-13-18(21)14-16-19/h13-16H,3-12,17H2,1-2H3,(H,22,24). The van der Waals surface area contributed by atoms with Crippen LogP contribution in [-0.4, -0.2) is 24.7 Å². The molecule has 0 bridgehead atoms. The topological polar surface area (TPSA) is 41.6 Å². The van der Waals surface area contributed by atoms with Crippen molar-refractivity contribution in [2.45, 2.75) is 71.1 Å². The molecule has 5 heteroatoms. The minimum atomic E-state index is -0.249. The lowest BCUT2D eigenvalue weighted by Gasteiger charge is -2.20. The first kappa shape index (κ1) is 21.8. The Balaban J connectivity index is 2.10. The van der Waals surface area contributed by atoms with Crippen LogP contribution in [0.4, 0.5) is 10.5 Å². The molecular weight excluding hydrogens is 336 g/mol. The zero-order chi connectivity index (χ0) is 18.3. The molecule has 2 amide bonds. The third kappa shape index (κ3) is 10.4. The molecule has 0 saturated heterocycles. The Morgan fingerprint density at radius 3 is 2.00 bits per heavy atom. The van der Waals surface area contributed by atoms with Crippen molar-refractivity contribution < 1.29 is 9.63 Å². The van der Waals surface area contributed by atoms with Crippen LogP contribution in [-0.2, 0) is 4.84 Å². The smallest absolute Gasteiger partial charge is 0.306 e. The van der Waals surface area contributed by atoms with Gasteiger partial charge in [-0.2, -0.15) is 0 Å². The second kappa shape index (κ2) is 14.0. The van der Waals surface area contributed by atoms with Gasteiger partial charge in [-0.1, -0.05) is 76.3 Å². The van der Waals surface area contributed by atoms with E-state index in [1.54, 1.807) is 24.3 Å². The minimum absolute atomic E-state index is 0.249. The molecule has 0 radical (unpaired) electrons. The number of hydrogen-bond acceptors (Lipinski definition) is 2. The molecule has 0 unspecified atom stereocenters. The van der Waals surface area contributed by atoms with Crippen LogP contribution < -0.4 is 5.32 Å². The zero-order valence-electron chi connectivity index (χ0n) is 15.7. The van der Waals surface area contributed by atoms with Gasteiger partial charge in [0.2, 0.25) is 0 Å². The molecule has 0 spiro atoms. The molecule has 0 aliphatic heterocycles. The Labute approximate surface area is 157 Å². The van der Waals surface area contributed by atoms with E-state index in [9.17, 15) is 4.79 Å². The number of rotatable bonds is 13. The fourth-order valence-electron chi connectivity index (χ4n) is 2.74. The van der Waals surface area contributed by atoms with E-state index in [4.69, 9.17) is 16.4 Å². The summed E-state index contributed by atoms with van der Waals surface area (Å²) < 4.78 is 0. The number of amides is 2. The number of nitrogens with one attached hydrogen (secondary N) is 1. The van der Waals surface area contributed by atoms with Crippen LogP contribution in [0, 0.1) is 0 Å². The molecule has 25 heavy (non-hydrogen) atoms. The molecule has 0 atom stereocenters. The van der Waals surface area contributed by atoms with E-state index in [1.807, 2.05) is 0 Å². The van der Waals surface area contributed by atoms with Crippen molar-refractivity contribution in [2.24, 2.45) is 0 Å². The summed E-state index contributed by atoms with van der Waals surface area (Å²) in [5.41, 5.74) is 0.708. The number of anilines is 1. The largest absolute Gasteiger partial charge is 0.345 e. The first-order chi connectivity index (χ1) is 12.2. The fourth-order valence-corrected chi connectivity index (χ4v) is 2.86. The average molecular weight is 369 g/mol. The molecular formula is C20H33ClN2O2. The molecule has 1 aromatic rings. The highest BCUT2D eigenvalue weighted by Crippen LogP contribution is 2.14. The van der Waals surface area contributed by atoms with Crippen LogP contribution in [0.1, 0.15) is 71.1 Å². The number of halogens is 1. The normalized spacial score (nSPS) is 10.7. The van der Waals surface area contributed by atoms with E-state index in [2.05, 4.69) is 12.2 Å². The Morgan fingerprint density at radius 1 is 0.960 bits per heavy atom. The maximum atomic E-state index is 12.2. The highest BCUT2D eigenvalue weighted by Gasteiger charge is 2.12. The van der Waals surface area contributed by atoms with Gasteiger partial charge in [0.05, 0.1) is 13.7 Å². The van der Waals surface area contributed by atoms with E-state index in [-0.39, 0.29) is 6.03 Å². The molecule has 4 nitrogen and oxygen atoms in total. The highest BCUT2D eigenvalue weighted by atomic mass is 35.5. The summed E-state index contributed by atoms with van der Waals surface area (Å²) in [4.78, 5) is 17.4. The molecule has 0 heterocycles. The quantitative estimate of drug-likeness (QED) is 0.312. The van der Waals surface area contributed by atoms with Gasteiger partial charge in [-0.25, -0.2) is 9.86 Å². The third-order valence-corrected chi connectivity index (χ3v) is 4.51. The second-order valence-electron chi connectivity index (χ2n) is 6.40. The number of unbranched alkanes of at least 4 members (excludes halogenated alkanes) is 9. The van der Waals surface area contributed by atoms with Crippen LogP contribution in [0.3, 0.4) is 0 Å². The first-order valence-electron chi connectivity index (χ1n) is 9.55. The lowest BCUT2D eigenvalue weighted by molar-refractivity contribution is -0.0822. The molecule has 1 rings (SSSR count). The van der Waals surface area contributed by atoms with Crippen molar-refractivity contribution in [3.8, 4) is 0 Å². The van der Waals surface area contributed by atoms with Crippen molar-refractivity contribution in [3.63, 3.8) is 0 Å². The monoisotopic (exact) mass is 368 g/mol. The molecule has 1 N–H and O–H groups in total. The number of hydrogen-bond donors (Lipinski definition) is 1. The maximum Gasteiger partial charge on any atom is 0.345 e. The van der Waals surface area contributed by atoms with Gasteiger partial charge in [0.25, 0.3) is 0 Å². The van der Waals surface area contributed by atoms with Crippen molar-refractivity contribution in [2.75, 3.05) is 19.0 Å². The molecule has 0 aliphatic rings. The van der Waals surface area contributed by atoms with Gasteiger partial charge in [-0.05, 0) is 30.7 Å². The van der Waals surface area contributed by atoms with Gasteiger partial charge in [0.1, 0.15) is 0 Å². The summed E-state index contributed by atoms with van der Waals surface area (Å²) in [6.07, 6.45) is 12.7. The van der Waals surface area contributed by atoms with Crippen LogP contribution in [0.5, 0.6) is 0 Å².